The van der Waals surface area contributed by atoms with E-state index in [-0.39, 0.29) is 11.7 Å². The fraction of sp³-hybridized carbons (Fsp3) is 0.645. The van der Waals surface area contributed by atoms with Crippen molar-refractivity contribution in [1.29, 1.82) is 0 Å². The van der Waals surface area contributed by atoms with Crippen molar-refractivity contribution in [2.75, 3.05) is 6.61 Å². The third kappa shape index (κ3) is 9.90. The predicted octanol–water partition coefficient (Wildman–Crippen LogP) is 9.26. The van der Waals surface area contributed by atoms with E-state index in [1.165, 1.54) is 56.9 Å². The summed E-state index contributed by atoms with van der Waals surface area (Å²) in [4.78, 5) is 12.4. The van der Waals surface area contributed by atoms with Gasteiger partial charge in [-0.05, 0) is 49.7 Å². The monoisotopic (exact) mass is 452 g/mol. The number of hydrogen-bond acceptors (Lipinski definition) is 2. The van der Waals surface area contributed by atoms with Gasteiger partial charge in [-0.25, -0.2) is 0 Å². The van der Waals surface area contributed by atoms with Crippen LogP contribution in [0.25, 0.3) is 5.76 Å². The molecule has 2 heteroatoms. The fourth-order valence-corrected chi connectivity index (χ4v) is 4.76. The smallest absolute Gasteiger partial charge is 0.170 e. The van der Waals surface area contributed by atoms with E-state index >= 15 is 0 Å². The lowest BCUT2D eigenvalue weighted by atomic mass is 9.88. The molecule has 184 valence electrons. The van der Waals surface area contributed by atoms with E-state index in [0.29, 0.717) is 6.61 Å². The quantitative estimate of drug-likeness (QED) is 0.248. The van der Waals surface area contributed by atoms with Crippen LogP contribution >= 0.6 is 0 Å². The van der Waals surface area contributed by atoms with Gasteiger partial charge in [-0.2, -0.15) is 0 Å². The first kappa shape index (κ1) is 27.4. The van der Waals surface area contributed by atoms with Crippen LogP contribution in [0.5, 0.6) is 0 Å². The Balaban J connectivity index is 1.63. The predicted molar refractivity (Wildman–Crippen MR) is 142 cm³/mol. The fourth-order valence-electron chi connectivity index (χ4n) is 4.76. The Morgan fingerprint density at radius 3 is 2.12 bits per heavy atom. The second-order valence-corrected chi connectivity index (χ2v) is 10.9. The van der Waals surface area contributed by atoms with E-state index in [2.05, 4.69) is 40.7 Å². The van der Waals surface area contributed by atoms with Crippen molar-refractivity contribution in [3.8, 4) is 0 Å². The zero-order valence-corrected chi connectivity index (χ0v) is 22.2. The molecule has 0 aromatic heterocycles. The molecule has 0 bridgehead atoms. The number of benzene rings is 1. The van der Waals surface area contributed by atoms with E-state index in [1.807, 2.05) is 37.3 Å². The molecule has 0 fully saturated rings. The second kappa shape index (κ2) is 14.4. The van der Waals surface area contributed by atoms with Crippen LogP contribution in [-0.2, 0) is 4.74 Å². The van der Waals surface area contributed by atoms with Crippen LogP contribution < -0.4 is 0 Å². The van der Waals surface area contributed by atoms with Gasteiger partial charge < -0.3 is 4.74 Å². The summed E-state index contributed by atoms with van der Waals surface area (Å²) < 4.78 is 6.08. The number of Topliss-reactive ketones (excluding diaryl/α,β-unsaturated/α-hetero) is 1. The first-order valence-corrected chi connectivity index (χ1v) is 13.4. The SMILES string of the molecule is C/C(=C\COC1=CC(C)C(=O)c2ccccc21)CCCC(C)CCCC(C)CCCC(C)C. The minimum atomic E-state index is -0.121. The van der Waals surface area contributed by atoms with E-state index in [1.54, 1.807) is 0 Å². The van der Waals surface area contributed by atoms with Gasteiger partial charge in [0.05, 0.1) is 0 Å². The third-order valence-electron chi connectivity index (χ3n) is 7.08. The van der Waals surface area contributed by atoms with Gasteiger partial charge in [0.2, 0.25) is 0 Å². The molecule has 0 spiro atoms. The molecule has 1 aromatic rings. The summed E-state index contributed by atoms with van der Waals surface area (Å²) in [7, 11) is 0. The third-order valence-corrected chi connectivity index (χ3v) is 7.08. The van der Waals surface area contributed by atoms with Gasteiger partial charge >= 0.3 is 0 Å². The molecule has 1 aliphatic rings. The molecule has 0 saturated carbocycles. The summed E-state index contributed by atoms with van der Waals surface area (Å²) in [6.07, 6.45) is 16.2. The maximum atomic E-state index is 12.4. The van der Waals surface area contributed by atoms with Crippen LogP contribution in [-0.4, -0.2) is 12.4 Å². The molecule has 3 atom stereocenters. The number of rotatable bonds is 15. The average Bonchev–Trinajstić information content (AvgIpc) is 2.77. The largest absolute Gasteiger partial charge is 0.489 e. The van der Waals surface area contributed by atoms with Gasteiger partial charge in [0.15, 0.2) is 5.78 Å². The molecular weight excluding hydrogens is 404 g/mol. The first-order valence-electron chi connectivity index (χ1n) is 13.4. The topological polar surface area (TPSA) is 26.3 Å². The normalized spacial score (nSPS) is 18.2. The van der Waals surface area contributed by atoms with Crippen LogP contribution in [0.2, 0.25) is 0 Å². The minimum absolute atomic E-state index is 0.121. The maximum absolute atomic E-state index is 12.4. The Labute approximate surface area is 203 Å². The Morgan fingerprint density at radius 1 is 0.909 bits per heavy atom. The van der Waals surface area contributed by atoms with Gasteiger partial charge in [-0.3, -0.25) is 4.79 Å². The van der Waals surface area contributed by atoms with Crippen molar-refractivity contribution < 1.29 is 9.53 Å². The van der Waals surface area contributed by atoms with Gasteiger partial charge in [0, 0.05) is 17.0 Å². The van der Waals surface area contributed by atoms with Crippen molar-refractivity contribution in [3.05, 3.63) is 53.1 Å². The molecule has 0 aliphatic heterocycles. The Morgan fingerprint density at radius 2 is 1.48 bits per heavy atom. The molecule has 1 aliphatic carbocycles. The van der Waals surface area contributed by atoms with E-state index < -0.39 is 0 Å². The summed E-state index contributed by atoms with van der Waals surface area (Å²) in [5.74, 6) is 3.45. The molecule has 2 rings (SSSR count). The highest BCUT2D eigenvalue weighted by atomic mass is 16.5. The Bertz CT molecular complexity index is 786. The highest BCUT2D eigenvalue weighted by Gasteiger charge is 2.24. The lowest BCUT2D eigenvalue weighted by molar-refractivity contribution is 0.0948. The molecule has 0 amide bonds. The Hall–Kier alpha value is -1.83. The standard InChI is InChI=1S/C31H48O2/c1-23(2)12-9-13-24(3)14-10-15-25(4)16-11-17-26(5)20-21-33-30-22-27(6)31(32)29-19-8-7-18-28(29)30/h7-8,18-20,22-25,27H,9-17,21H2,1-6H3/b26-20+. The van der Waals surface area contributed by atoms with Gasteiger partial charge in [-0.1, -0.05) is 109 Å². The molecule has 3 unspecified atom stereocenters. The lowest BCUT2D eigenvalue weighted by Crippen LogP contribution is -2.17. The first-order chi connectivity index (χ1) is 15.8. The average molecular weight is 453 g/mol. The summed E-state index contributed by atoms with van der Waals surface area (Å²) in [5.41, 5.74) is 3.10. The molecule has 0 N–H and O–H groups in total. The van der Waals surface area contributed by atoms with Gasteiger partial charge in [0.1, 0.15) is 12.4 Å². The molecule has 2 nitrogen and oxygen atoms in total. The molecule has 0 saturated heterocycles. The van der Waals surface area contributed by atoms with Crippen molar-refractivity contribution in [1.82, 2.24) is 0 Å². The minimum Gasteiger partial charge on any atom is -0.489 e. The number of carbonyl (C=O) groups excluding carboxylic acids is 1. The van der Waals surface area contributed by atoms with E-state index in [9.17, 15) is 4.79 Å². The zero-order chi connectivity index (χ0) is 24.2. The number of fused-ring (bicyclic) bond motifs is 1. The second-order valence-electron chi connectivity index (χ2n) is 10.9. The van der Waals surface area contributed by atoms with Crippen molar-refractivity contribution in [2.45, 2.75) is 99.3 Å². The van der Waals surface area contributed by atoms with E-state index in [4.69, 9.17) is 4.74 Å². The highest BCUT2D eigenvalue weighted by Crippen LogP contribution is 2.30. The number of allylic oxidation sites excluding steroid dienone is 2. The van der Waals surface area contributed by atoms with Crippen LogP contribution in [0, 0.1) is 23.7 Å². The molecule has 1 aromatic carbocycles. The van der Waals surface area contributed by atoms with Crippen LogP contribution in [0.4, 0.5) is 0 Å². The number of ketones is 1. The molecule has 0 heterocycles. The summed E-state index contributed by atoms with van der Waals surface area (Å²) in [6, 6.07) is 7.77. The Kier molecular flexibility index (Phi) is 12.0. The van der Waals surface area contributed by atoms with Crippen molar-refractivity contribution in [3.63, 3.8) is 0 Å². The number of carbonyl (C=O) groups is 1. The maximum Gasteiger partial charge on any atom is 0.170 e. The summed E-state index contributed by atoms with van der Waals surface area (Å²) in [6.45, 7) is 14.2. The number of ether oxygens (including phenoxy) is 1. The van der Waals surface area contributed by atoms with Gasteiger partial charge in [0.25, 0.3) is 0 Å². The molecular formula is C31H48O2. The van der Waals surface area contributed by atoms with Crippen LogP contribution in [0.3, 0.4) is 0 Å². The van der Waals surface area contributed by atoms with Crippen molar-refractivity contribution in [2.24, 2.45) is 23.7 Å². The van der Waals surface area contributed by atoms with Crippen molar-refractivity contribution >= 4 is 11.5 Å². The van der Waals surface area contributed by atoms with Crippen LogP contribution in [0.1, 0.15) is 115 Å². The van der Waals surface area contributed by atoms with Gasteiger partial charge in [-0.15, -0.1) is 0 Å². The molecule has 0 radical (unpaired) electrons. The summed E-state index contributed by atoms with van der Waals surface area (Å²) in [5, 5.41) is 0. The molecule has 33 heavy (non-hydrogen) atoms. The zero-order valence-electron chi connectivity index (χ0n) is 22.2. The highest BCUT2D eigenvalue weighted by molar-refractivity contribution is 6.05. The van der Waals surface area contributed by atoms with E-state index in [0.717, 1.165) is 41.1 Å². The lowest BCUT2D eigenvalue weighted by Gasteiger charge is -2.20. The summed E-state index contributed by atoms with van der Waals surface area (Å²) >= 11 is 0. The van der Waals surface area contributed by atoms with Crippen LogP contribution in [0.15, 0.2) is 42.0 Å². The number of hydrogen-bond donors (Lipinski definition) is 0.